The van der Waals surface area contributed by atoms with E-state index >= 15 is 0 Å². The van der Waals surface area contributed by atoms with Gasteiger partial charge in [-0.05, 0) is 31.3 Å². The van der Waals surface area contributed by atoms with Crippen LogP contribution in [0.5, 0.6) is 0 Å². The van der Waals surface area contributed by atoms with Crippen molar-refractivity contribution in [2.45, 2.75) is 38.5 Å². The van der Waals surface area contributed by atoms with Crippen molar-refractivity contribution in [2.24, 2.45) is 0 Å². The molecule has 0 aliphatic heterocycles. The monoisotopic (exact) mass is 221 g/mol. The summed E-state index contributed by atoms with van der Waals surface area (Å²) in [5.41, 5.74) is 2.00. The summed E-state index contributed by atoms with van der Waals surface area (Å²) in [6, 6.07) is 0. The third-order valence-corrected chi connectivity index (χ3v) is 2.87. The third-order valence-electron chi connectivity index (χ3n) is 1.88. The van der Waals surface area contributed by atoms with Crippen LogP contribution in [0.25, 0.3) is 0 Å². The molecule has 0 fully saturated rings. The topological polar surface area (TPSA) is 32.3 Å². The van der Waals surface area contributed by atoms with Gasteiger partial charge in [-0.2, -0.15) is 11.8 Å². The molecular weight excluding hydrogens is 202 g/mol. The maximum Gasteiger partial charge on any atom is 0.100 e. The minimum atomic E-state index is 0.559. The van der Waals surface area contributed by atoms with Gasteiger partial charge in [0.15, 0.2) is 0 Å². The van der Waals surface area contributed by atoms with Gasteiger partial charge in [0.25, 0.3) is 0 Å². The molecule has 0 amide bonds. The fourth-order valence-corrected chi connectivity index (χ4v) is 1.76. The molecule has 0 aliphatic rings. The summed E-state index contributed by atoms with van der Waals surface area (Å²) in [4.78, 5) is 0.559. The van der Waals surface area contributed by atoms with E-state index in [1.807, 2.05) is 17.2 Å². The fourth-order valence-electron chi connectivity index (χ4n) is 1.12. The number of nitrogens with one attached hydrogen (secondary N) is 1. The van der Waals surface area contributed by atoms with Crippen LogP contribution in [0, 0.1) is 0 Å². The number of unbranched alkanes of at least 4 members (excludes halogenated alkanes) is 4. The molecule has 2 N–H and O–H groups in total. The highest BCUT2D eigenvalue weighted by molar-refractivity contribution is 7.98. The fraction of sp³-hybridized carbons (Fsp3) is 0.889. The van der Waals surface area contributed by atoms with Crippen molar-refractivity contribution in [3.05, 3.63) is 0 Å². The predicted molar refractivity (Wildman–Crippen MR) is 63.6 cm³/mol. The maximum atomic E-state index is 8.41. The first-order valence-electron chi connectivity index (χ1n) is 4.73. The van der Waals surface area contributed by atoms with Crippen molar-refractivity contribution in [1.29, 1.82) is 0 Å². The normalized spacial score (nSPS) is 10.0. The summed E-state index contributed by atoms with van der Waals surface area (Å²) in [7, 11) is 0. The Hall–Kier alpha value is 0.200. The van der Waals surface area contributed by atoms with Gasteiger partial charge in [-0.25, -0.2) is 0 Å². The molecule has 0 saturated heterocycles. The zero-order valence-corrected chi connectivity index (χ0v) is 9.85. The molecule has 0 aromatic rings. The van der Waals surface area contributed by atoms with Gasteiger partial charge in [-0.3, -0.25) is 10.7 Å². The van der Waals surface area contributed by atoms with Gasteiger partial charge in [-0.1, -0.05) is 31.5 Å². The molecule has 0 heterocycles. The zero-order chi connectivity index (χ0) is 9.94. The summed E-state index contributed by atoms with van der Waals surface area (Å²) in [5.74, 6) is 1.27. The molecule has 13 heavy (non-hydrogen) atoms. The number of hydrogen-bond donors (Lipinski definition) is 2. The highest BCUT2D eigenvalue weighted by Gasteiger charge is 1.94. The third kappa shape index (κ3) is 10.1. The number of thiocarbonyl (C=S) groups is 1. The average Bonchev–Trinajstić information content (AvgIpc) is 2.16. The molecule has 0 atom stereocenters. The standard InChI is InChI=1S/C9H19NOS2/c1-13-8-6-4-2-3-5-7-9(12)10-11/h11H,2-8H2,1H3,(H,10,12). The minimum absolute atomic E-state index is 0.559. The van der Waals surface area contributed by atoms with Crippen LogP contribution in [0.15, 0.2) is 0 Å². The lowest BCUT2D eigenvalue weighted by atomic mass is 10.1. The molecule has 4 heteroatoms. The van der Waals surface area contributed by atoms with E-state index in [9.17, 15) is 0 Å². The highest BCUT2D eigenvalue weighted by atomic mass is 32.2. The Morgan fingerprint density at radius 2 is 1.85 bits per heavy atom. The second-order valence-electron chi connectivity index (χ2n) is 3.05. The van der Waals surface area contributed by atoms with Crippen molar-refractivity contribution in [1.82, 2.24) is 5.48 Å². The minimum Gasteiger partial charge on any atom is -0.291 e. The summed E-state index contributed by atoms with van der Waals surface area (Å²) >= 11 is 6.72. The SMILES string of the molecule is CSCCCCCCCC(=S)NO. The second kappa shape index (κ2) is 10.3. The van der Waals surface area contributed by atoms with E-state index in [4.69, 9.17) is 17.4 Å². The van der Waals surface area contributed by atoms with Crippen molar-refractivity contribution in [2.75, 3.05) is 12.0 Å². The van der Waals surface area contributed by atoms with E-state index in [0.717, 1.165) is 12.8 Å². The number of thioether (sulfide) groups is 1. The molecule has 78 valence electrons. The van der Waals surface area contributed by atoms with Gasteiger partial charge in [-0.15, -0.1) is 0 Å². The first kappa shape index (κ1) is 13.2. The smallest absolute Gasteiger partial charge is 0.100 e. The van der Waals surface area contributed by atoms with Gasteiger partial charge in [0.05, 0.1) is 0 Å². The number of hydrogen-bond acceptors (Lipinski definition) is 3. The molecule has 0 bridgehead atoms. The van der Waals surface area contributed by atoms with Gasteiger partial charge >= 0.3 is 0 Å². The lowest BCUT2D eigenvalue weighted by molar-refractivity contribution is 0.234. The highest BCUT2D eigenvalue weighted by Crippen LogP contribution is 2.07. The Morgan fingerprint density at radius 1 is 1.23 bits per heavy atom. The average molecular weight is 221 g/mol. The first-order chi connectivity index (χ1) is 6.31. The molecule has 0 aromatic heterocycles. The van der Waals surface area contributed by atoms with Crippen LogP contribution in [0.2, 0.25) is 0 Å². The molecule has 0 aliphatic carbocycles. The summed E-state index contributed by atoms with van der Waals surface area (Å²) in [6.07, 6.45) is 9.19. The van der Waals surface area contributed by atoms with Gasteiger partial charge in [0.1, 0.15) is 4.99 Å². The maximum absolute atomic E-state index is 8.41. The van der Waals surface area contributed by atoms with E-state index in [0.29, 0.717) is 4.99 Å². The van der Waals surface area contributed by atoms with Crippen LogP contribution in [0.4, 0.5) is 0 Å². The lowest BCUT2D eigenvalue weighted by Crippen LogP contribution is -2.15. The summed E-state index contributed by atoms with van der Waals surface area (Å²) in [5, 5.41) is 8.41. The first-order valence-corrected chi connectivity index (χ1v) is 6.53. The quantitative estimate of drug-likeness (QED) is 0.375. The summed E-state index contributed by atoms with van der Waals surface area (Å²) in [6.45, 7) is 0. The van der Waals surface area contributed by atoms with Crippen LogP contribution in [0.1, 0.15) is 38.5 Å². The molecule has 0 rings (SSSR count). The molecule has 0 aromatic carbocycles. The largest absolute Gasteiger partial charge is 0.291 e. The van der Waals surface area contributed by atoms with Gasteiger partial charge < -0.3 is 0 Å². The van der Waals surface area contributed by atoms with Crippen LogP contribution < -0.4 is 5.48 Å². The van der Waals surface area contributed by atoms with Crippen molar-refractivity contribution in [3.63, 3.8) is 0 Å². The lowest BCUT2D eigenvalue weighted by Gasteiger charge is -2.01. The molecule has 0 unspecified atom stereocenters. The Kier molecular flexibility index (Phi) is 10.4. The van der Waals surface area contributed by atoms with Crippen molar-refractivity contribution < 1.29 is 5.21 Å². The molecular formula is C9H19NOS2. The number of hydroxylamine groups is 1. The van der Waals surface area contributed by atoms with E-state index in [-0.39, 0.29) is 0 Å². The Morgan fingerprint density at radius 3 is 2.46 bits per heavy atom. The zero-order valence-electron chi connectivity index (χ0n) is 8.21. The van der Waals surface area contributed by atoms with Gasteiger partial charge in [0.2, 0.25) is 0 Å². The van der Waals surface area contributed by atoms with E-state index in [2.05, 4.69) is 6.26 Å². The molecule has 2 nitrogen and oxygen atoms in total. The predicted octanol–water partition coefficient (Wildman–Crippen LogP) is 3.00. The molecule has 0 radical (unpaired) electrons. The Balaban J connectivity index is 2.95. The number of rotatable bonds is 8. The van der Waals surface area contributed by atoms with E-state index in [1.54, 1.807) is 0 Å². The second-order valence-corrected chi connectivity index (χ2v) is 4.52. The molecule has 0 saturated carbocycles. The Labute approximate surface area is 90.4 Å². The molecule has 0 spiro atoms. The van der Waals surface area contributed by atoms with E-state index < -0.39 is 0 Å². The van der Waals surface area contributed by atoms with Crippen LogP contribution in [-0.2, 0) is 0 Å². The summed E-state index contributed by atoms with van der Waals surface area (Å²) < 4.78 is 0. The van der Waals surface area contributed by atoms with Crippen LogP contribution >= 0.6 is 24.0 Å². The van der Waals surface area contributed by atoms with Crippen LogP contribution in [0.3, 0.4) is 0 Å². The van der Waals surface area contributed by atoms with E-state index in [1.165, 1.54) is 31.4 Å². The van der Waals surface area contributed by atoms with Crippen molar-refractivity contribution in [3.8, 4) is 0 Å². The van der Waals surface area contributed by atoms with Crippen molar-refractivity contribution >= 4 is 29.0 Å². The van der Waals surface area contributed by atoms with Crippen LogP contribution in [-0.4, -0.2) is 22.2 Å². The Bertz CT molecular complexity index is 131. The van der Waals surface area contributed by atoms with Gasteiger partial charge in [0, 0.05) is 0 Å².